The van der Waals surface area contributed by atoms with E-state index in [-0.39, 0.29) is 29.8 Å². The van der Waals surface area contributed by atoms with E-state index in [0.717, 1.165) is 43.2 Å². The van der Waals surface area contributed by atoms with Crippen LogP contribution >= 0.6 is 35.7 Å². The zero-order chi connectivity index (χ0) is 13.9. The van der Waals surface area contributed by atoms with Crippen LogP contribution in [0.5, 0.6) is 0 Å². The fourth-order valence-electron chi connectivity index (χ4n) is 1.68. The minimum Gasteiger partial charge on any atom is -0.356 e. The summed E-state index contributed by atoms with van der Waals surface area (Å²) in [6.45, 7) is 1.74. The van der Waals surface area contributed by atoms with E-state index in [0.29, 0.717) is 0 Å². The van der Waals surface area contributed by atoms with Gasteiger partial charge in [0.05, 0.1) is 0 Å². The molecule has 0 bridgehead atoms. The Morgan fingerprint density at radius 2 is 2.05 bits per heavy atom. The van der Waals surface area contributed by atoms with Crippen molar-refractivity contribution in [3.8, 4) is 0 Å². The highest BCUT2D eigenvalue weighted by molar-refractivity contribution is 14.0. The highest BCUT2D eigenvalue weighted by atomic mass is 127. The minimum absolute atomic E-state index is 0. The van der Waals surface area contributed by atoms with Gasteiger partial charge in [-0.3, -0.25) is 4.99 Å². The monoisotopic (exact) mass is 411 g/mol. The summed E-state index contributed by atoms with van der Waals surface area (Å²) >= 11 is 1.80. The molecule has 0 atom stereocenters. The van der Waals surface area contributed by atoms with E-state index in [9.17, 15) is 4.39 Å². The van der Waals surface area contributed by atoms with Gasteiger partial charge in [-0.15, -0.1) is 24.0 Å². The van der Waals surface area contributed by atoms with Crippen molar-refractivity contribution in [1.82, 2.24) is 10.6 Å². The molecule has 0 unspecified atom stereocenters. The molecule has 1 aromatic rings. The molecule has 0 aliphatic heterocycles. The van der Waals surface area contributed by atoms with Crippen LogP contribution in [-0.4, -0.2) is 38.1 Å². The molecule has 0 fully saturated rings. The highest BCUT2D eigenvalue weighted by Crippen LogP contribution is 2.05. The topological polar surface area (TPSA) is 36.4 Å². The molecule has 0 saturated heterocycles. The third-order valence-electron chi connectivity index (χ3n) is 2.65. The summed E-state index contributed by atoms with van der Waals surface area (Å²) in [7, 11) is 1.76. The SMILES string of the molecule is CN=C(NCCCc1cccc(F)c1)NCCSC.I. The number of hydrogen-bond donors (Lipinski definition) is 2. The van der Waals surface area contributed by atoms with E-state index >= 15 is 0 Å². The van der Waals surface area contributed by atoms with Gasteiger partial charge in [0.1, 0.15) is 5.82 Å². The first-order valence-corrected chi connectivity index (χ1v) is 7.83. The van der Waals surface area contributed by atoms with Gasteiger partial charge < -0.3 is 10.6 Å². The van der Waals surface area contributed by atoms with Crippen LogP contribution in [0.1, 0.15) is 12.0 Å². The van der Waals surface area contributed by atoms with E-state index in [1.54, 1.807) is 30.9 Å². The number of rotatable bonds is 7. The first-order valence-electron chi connectivity index (χ1n) is 6.44. The summed E-state index contributed by atoms with van der Waals surface area (Å²) in [6, 6.07) is 6.76. The lowest BCUT2D eigenvalue weighted by Gasteiger charge is -2.11. The molecule has 0 aliphatic carbocycles. The first-order chi connectivity index (χ1) is 9.26. The maximum Gasteiger partial charge on any atom is 0.191 e. The molecule has 0 aliphatic rings. The Balaban J connectivity index is 0.00000361. The molecule has 6 heteroatoms. The number of thioether (sulfide) groups is 1. The molecule has 0 heterocycles. The Morgan fingerprint density at radius 3 is 2.70 bits per heavy atom. The average molecular weight is 411 g/mol. The van der Waals surface area contributed by atoms with Crippen molar-refractivity contribution < 1.29 is 4.39 Å². The van der Waals surface area contributed by atoms with Crippen molar-refractivity contribution in [2.45, 2.75) is 12.8 Å². The number of nitrogens with one attached hydrogen (secondary N) is 2. The van der Waals surface area contributed by atoms with Crippen molar-refractivity contribution in [3.63, 3.8) is 0 Å². The van der Waals surface area contributed by atoms with Crippen LogP contribution in [0.15, 0.2) is 29.3 Å². The maximum atomic E-state index is 13.0. The molecule has 0 radical (unpaired) electrons. The Bertz CT molecular complexity index is 402. The van der Waals surface area contributed by atoms with Crippen LogP contribution < -0.4 is 10.6 Å². The molecule has 114 valence electrons. The lowest BCUT2D eigenvalue weighted by atomic mass is 10.1. The second kappa shape index (κ2) is 12.3. The van der Waals surface area contributed by atoms with Crippen molar-refractivity contribution in [3.05, 3.63) is 35.6 Å². The van der Waals surface area contributed by atoms with Crippen molar-refractivity contribution in [2.24, 2.45) is 4.99 Å². The fourth-order valence-corrected chi connectivity index (χ4v) is 1.99. The molecule has 3 nitrogen and oxygen atoms in total. The lowest BCUT2D eigenvalue weighted by Crippen LogP contribution is -2.38. The number of aryl methyl sites for hydroxylation is 1. The number of guanidine groups is 1. The number of benzene rings is 1. The van der Waals surface area contributed by atoms with Gasteiger partial charge in [-0.1, -0.05) is 12.1 Å². The molecule has 0 spiro atoms. The van der Waals surface area contributed by atoms with Gasteiger partial charge >= 0.3 is 0 Å². The van der Waals surface area contributed by atoms with Crippen LogP contribution in [0.2, 0.25) is 0 Å². The van der Waals surface area contributed by atoms with Gasteiger partial charge in [-0.25, -0.2) is 4.39 Å². The fraction of sp³-hybridized carbons (Fsp3) is 0.500. The van der Waals surface area contributed by atoms with Crippen LogP contribution in [0, 0.1) is 5.82 Å². The molecular weight excluding hydrogens is 388 g/mol. The number of nitrogens with zero attached hydrogens (tertiary/aromatic N) is 1. The molecule has 0 saturated carbocycles. The van der Waals surface area contributed by atoms with E-state index in [2.05, 4.69) is 21.9 Å². The van der Waals surface area contributed by atoms with E-state index in [1.165, 1.54) is 6.07 Å². The molecule has 2 N–H and O–H groups in total. The van der Waals surface area contributed by atoms with Crippen LogP contribution in [-0.2, 0) is 6.42 Å². The quantitative estimate of drug-likeness (QED) is 0.314. The second-order valence-electron chi connectivity index (χ2n) is 4.15. The first kappa shape index (κ1) is 19.5. The normalized spacial score (nSPS) is 10.8. The summed E-state index contributed by atoms with van der Waals surface area (Å²) < 4.78 is 13.0. The van der Waals surface area contributed by atoms with Crippen molar-refractivity contribution >= 4 is 41.7 Å². The van der Waals surface area contributed by atoms with E-state index in [4.69, 9.17) is 0 Å². The summed E-state index contributed by atoms with van der Waals surface area (Å²) in [6.07, 6.45) is 3.90. The van der Waals surface area contributed by atoms with E-state index in [1.807, 2.05) is 6.07 Å². The van der Waals surface area contributed by atoms with Gasteiger partial charge in [0, 0.05) is 25.9 Å². The minimum atomic E-state index is -0.167. The maximum absolute atomic E-state index is 13.0. The molecule has 0 amide bonds. The van der Waals surface area contributed by atoms with Crippen molar-refractivity contribution in [1.29, 1.82) is 0 Å². The zero-order valence-corrected chi connectivity index (χ0v) is 15.1. The molecular formula is C14H23FIN3S. The molecule has 1 rings (SSSR count). The molecule has 20 heavy (non-hydrogen) atoms. The van der Waals surface area contributed by atoms with Crippen molar-refractivity contribution in [2.75, 3.05) is 32.1 Å². The third kappa shape index (κ3) is 8.63. The van der Waals surface area contributed by atoms with Crippen LogP contribution in [0.25, 0.3) is 0 Å². The third-order valence-corrected chi connectivity index (χ3v) is 3.26. The summed E-state index contributed by atoms with van der Waals surface area (Å²) in [5, 5.41) is 6.49. The summed E-state index contributed by atoms with van der Waals surface area (Å²) in [5.41, 5.74) is 1.03. The van der Waals surface area contributed by atoms with Crippen LogP contribution in [0.4, 0.5) is 4.39 Å². The average Bonchev–Trinajstić information content (AvgIpc) is 2.41. The highest BCUT2D eigenvalue weighted by Gasteiger charge is 1.98. The van der Waals surface area contributed by atoms with Gasteiger partial charge in [0.25, 0.3) is 0 Å². The summed E-state index contributed by atoms with van der Waals surface area (Å²) in [4.78, 5) is 4.14. The number of hydrogen-bond acceptors (Lipinski definition) is 2. The van der Waals surface area contributed by atoms with Gasteiger partial charge in [-0.2, -0.15) is 11.8 Å². The van der Waals surface area contributed by atoms with Gasteiger partial charge in [-0.05, 0) is 36.8 Å². The Morgan fingerprint density at radius 1 is 1.30 bits per heavy atom. The molecule has 1 aromatic carbocycles. The van der Waals surface area contributed by atoms with Crippen LogP contribution in [0.3, 0.4) is 0 Å². The standard InChI is InChI=1S/C14H22FN3S.HI/c1-16-14(18-9-10-19-2)17-8-4-6-12-5-3-7-13(15)11-12;/h3,5,7,11H,4,6,8-10H2,1-2H3,(H2,16,17,18);1H. The lowest BCUT2D eigenvalue weighted by molar-refractivity contribution is 0.624. The zero-order valence-electron chi connectivity index (χ0n) is 12.0. The predicted molar refractivity (Wildman–Crippen MR) is 97.9 cm³/mol. The Hall–Kier alpha value is -0.500. The number of aliphatic imine (C=N–C) groups is 1. The van der Waals surface area contributed by atoms with Gasteiger partial charge in [0.15, 0.2) is 5.96 Å². The van der Waals surface area contributed by atoms with Gasteiger partial charge in [0.2, 0.25) is 0 Å². The summed E-state index contributed by atoms with van der Waals surface area (Å²) in [5.74, 6) is 1.72. The Kier molecular flexibility index (Phi) is 12.0. The Labute approximate surface area is 142 Å². The second-order valence-corrected chi connectivity index (χ2v) is 5.14. The smallest absolute Gasteiger partial charge is 0.191 e. The number of halogens is 2. The molecule has 0 aromatic heterocycles. The van der Waals surface area contributed by atoms with E-state index < -0.39 is 0 Å². The predicted octanol–water partition coefficient (Wildman–Crippen LogP) is 2.90. The largest absolute Gasteiger partial charge is 0.356 e.